The summed E-state index contributed by atoms with van der Waals surface area (Å²) in [5, 5.41) is 6.74. The fraction of sp³-hybridized carbons (Fsp3) is 0.158. The van der Waals surface area contributed by atoms with Crippen molar-refractivity contribution in [2.24, 2.45) is 0 Å². The molecule has 26 heavy (non-hydrogen) atoms. The van der Waals surface area contributed by atoms with Gasteiger partial charge < -0.3 is 5.32 Å². The minimum atomic E-state index is -0.0241. The second-order valence-corrected chi connectivity index (χ2v) is 7.68. The molecule has 0 atom stereocenters. The Morgan fingerprint density at radius 3 is 2.81 bits per heavy atom. The van der Waals surface area contributed by atoms with E-state index in [4.69, 9.17) is 0 Å². The highest BCUT2D eigenvalue weighted by molar-refractivity contribution is 7.18. The molecule has 0 bridgehead atoms. The molecule has 1 amide bonds. The molecule has 130 valence electrons. The lowest BCUT2D eigenvalue weighted by molar-refractivity contribution is -0.120. The molecule has 0 unspecified atom stereocenters. The Balaban J connectivity index is 1.29. The zero-order valence-electron chi connectivity index (χ0n) is 13.9. The molecule has 5 nitrogen and oxygen atoms in total. The van der Waals surface area contributed by atoms with Gasteiger partial charge in [0, 0.05) is 24.5 Å². The molecule has 0 saturated carbocycles. The normalized spacial score (nSPS) is 10.9. The Morgan fingerprint density at radius 2 is 1.96 bits per heavy atom. The van der Waals surface area contributed by atoms with Crippen molar-refractivity contribution in [1.82, 2.24) is 20.3 Å². The highest BCUT2D eigenvalue weighted by atomic mass is 32.1. The summed E-state index contributed by atoms with van der Waals surface area (Å²) in [5.74, 6) is -0.0241. The maximum Gasteiger partial charge on any atom is 0.226 e. The van der Waals surface area contributed by atoms with Gasteiger partial charge in [0.1, 0.15) is 5.01 Å². The molecule has 0 radical (unpaired) electrons. The first kappa shape index (κ1) is 16.8. The number of aromatic nitrogens is 3. The molecule has 3 heterocycles. The van der Waals surface area contributed by atoms with Crippen LogP contribution in [0.5, 0.6) is 0 Å². The van der Waals surface area contributed by atoms with Gasteiger partial charge in [-0.15, -0.1) is 22.7 Å². The molecule has 0 aliphatic rings. The number of para-hydroxylation sites is 1. The summed E-state index contributed by atoms with van der Waals surface area (Å²) in [6.07, 6.45) is 2.76. The Morgan fingerprint density at radius 1 is 1.08 bits per heavy atom. The van der Waals surface area contributed by atoms with Crippen LogP contribution in [0.25, 0.3) is 20.9 Å². The maximum absolute atomic E-state index is 12.1. The number of pyridine rings is 1. The summed E-state index contributed by atoms with van der Waals surface area (Å²) in [5.41, 5.74) is 2.62. The van der Waals surface area contributed by atoms with Crippen LogP contribution in [0.3, 0.4) is 0 Å². The lowest BCUT2D eigenvalue weighted by Gasteiger charge is -2.02. The number of nitrogens with one attached hydrogen (secondary N) is 1. The van der Waals surface area contributed by atoms with Crippen molar-refractivity contribution in [3.63, 3.8) is 0 Å². The monoisotopic (exact) mass is 380 g/mol. The molecule has 3 aromatic heterocycles. The Kier molecular flexibility index (Phi) is 4.99. The second kappa shape index (κ2) is 7.72. The van der Waals surface area contributed by atoms with E-state index in [1.807, 2.05) is 41.8 Å². The molecule has 1 aromatic carbocycles. The van der Waals surface area contributed by atoms with Gasteiger partial charge in [-0.2, -0.15) is 0 Å². The predicted molar refractivity (Wildman–Crippen MR) is 105 cm³/mol. The van der Waals surface area contributed by atoms with Gasteiger partial charge >= 0.3 is 0 Å². The van der Waals surface area contributed by atoms with E-state index in [1.165, 1.54) is 16.0 Å². The number of hydrogen-bond donors (Lipinski definition) is 1. The topological polar surface area (TPSA) is 67.8 Å². The molecule has 4 rings (SSSR count). The average molecular weight is 380 g/mol. The summed E-state index contributed by atoms with van der Waals surface area (Å²) in [6.45, 7) is 0.579. The zero-order valence-corrected chi connectivity index (χ0v) is 15.5. The van der Waals surface area contributed by atoms with Crippen LogP contribution in [-0.4, -0.2) is 27.4 Å². The van der Waals surface area contributed by atoms with E-state index in [2.05, 4.69) is 26.3 Å². The third kappa shape index (κ3) is 3.95. The third-order valence-electron chi connectivity index (χ3n) is 3.78. The van der Waals surface area contributed by atoms with Gasteiger partial charge in [-0.1, -0.05) is 18.2 Å². The molecule has 0 saturated heterocycles. The Bertz CT molecular complexity index is 993. The molecular weight excluding hydrogens is 364 g/mol. The second-order valence-electron chi connectivity index (χ2n) is 5.71. The number of carbonyl (C=O) groups excluding carboxylic acids is 1. The number of nitrogens with zero attached hydrogens (tertiary/aromatic N) is 3. The lowest BCUT2D eigenvalue weighted by Crippen LogP contribution is -2.27. The van der Waals surface area contributed by atoms with Gasteiger partial charge in [0.2, 0.25) is 5.91 Å². The number of fused-ring (bicyclic) bond motifs is 1. The van der Waals surface area contributed by atoms with Crippen molar-refractivity contribution in [3.05, 3.63) is 64.7 Å². The number of amides is 1. The van der Waals surface area contributed by atoms with E-state index in [1.54, 1.807) is 17.5 Å². The standard InChI is InChI=1S/C19H16N4OS2/c24-17(11-13-12-25-19(22-13)15-6-3-4-9-20-15)21-10-8-18-23-14-5-1-2-7-16(14)26-18/h1-7,9,12H,8,10-11H2,(H,21,24). The van der Waals surface area contributed by atoms with Crippen LogP contribution in [-0.2, 0) is 17.6 Å². The molecule has 4 aromatic rings. The maximum atomic E-state index is 12.1. The fourth-order valence-corrected chi connectivity index (χ4v) is 4.32. The van der Waals surface area contributed by atoms with Crippen molar-refractivity contribution < 1.29 is 4.79 Å². The van der Waals surface area contributed by atoms with Crippen molar-refractivity contribution in [2.75, 3.05) is 6.54 Å². The highest BCUT2D eigenvalue weighted by Gasteiger charge is 2.10. The lowest BCUT2D eigenvalue weighted by atomic mass is 10.3. The van der Waals surface area contributed by atoms with Crippen molar-refractivity contribution in [2.45, 2.75) is 12.8 Å². The van der Waals surface area contributed by atoms with Crippen LogP contribution in [0, 0.1) is 0 Å². The van der Waals surface area contributed by atoms with Gasteiger partial charge in [-0.3, -0.25) is 9.78 Å². The summed E-state index contributed by atoms with van der Waals surface area (Å²) in [4.78, 5) is 25.5. The van der Waals surface area contributed by atoms with Crippen molar-refractivity contribution in [3.8, 4) is 10.7 Å². The summed E-state index contributed by atoms with van der Waals surface area (Å²) >= 11 is 3.18. The first-order chi connectivity index (χ1) is 12.8. The van der Waals surface area contributed by atoms with Gasteiger partial charge in [-0.05, 0) is 24.3 Å². The van der Waals surface area contributed by atoms with Crippen molar-refractivity contribution in [1.29, 1.82) is 0 Å². The Labute approximate surface area is 158 Å². The number of benzene rings is 1. The molecular formula is C19H16N4OS2. The van der Waals surface area contributed by atoms with E-state index in [9.17, 15) is 4.79 Å². The minimum Gasteiger partial charge on any atom is -0.355 e. The van der Waals surface area contributed by atoms with Gasteiger partial charge in [0.05, 0.1) is 33.0 Å². The predicted octanol–water partition coefficient (Wildman–Crippen LogP) is 3.72. The van der Waals surface area contributed by atoms with Gasteiger partial charge in [0.25, 0.3) is 0 Å². The molecule has 0 aliphatic heterocycles. The fourth-order valence-electron chi connectivity index (χ4n) is 2.56. The van der Waals surface area contributed by atoms with E-state index < -0.39 is 0 Å². The van der Waals surface area contributed by atoms with E-state index in [0.717, 1.165) is 33.3 Å². The van der Waals surface area contributed by atoms with Crippen LogP contribution >= 0.6 is 22.7 Å². The van der Waals surface area contributed by atoms with Gasteiger partial charge in [0.15, 0.2) is 0 Å². The molecule has 7 heteroatoms. The zero-order chi connectivity index (χ0) is 17.8. The van der Waals surface area contributed by atoms with Crippen LogP contribution < -0.4 is 5.32 Å². The van der Waals surface area contributed by atoms with Crippen molar-refractivity contribution >= 4 is 38.8 Å². The third-order valence-corrected chi connectivity index (χ3v) is 5.79. The van der Waals surface area contributed by atoms with E-state index >= 15 is 0 Å². The quantitative estimate of drug-likeness (QED) is 0.554. The van der Waals surface area contributed by atoms with Crippen LogP contribution in [0.1, 0.15) is 10.7 Å². The number of thiazole rings is 2. The first-order valence-corrected chi connectivity index (χ1v) is 9.94. The summed E-state index contributed by atoms with van der Waals surface area (Å²) in [7, 11) is 0. The van der Waals surface area contributed by atoms with Crippen LogP contribution in [0.4, 0.5) is 0 Å². The Hall–Kier alpha value is -2.64. The van der Waals surface area contributed by atoms with E-state index in [0.29, 0.717) is 6.54 Å². The van der Waals surface area contributed by atoms with E-state index in [-0.39, 0.29) is 12.3 Å². The molecule has 0 fully saturated rings. The first-order valence-electron chi connectivity index (χ1n) is 8.25. The molecule has 0 aliphatic carbocycles. The molecule has 0 spiro atoms. The number of carbonyl (C=O) groups is 1. The highest BCUT2D eigenvalue weighted by Crippen LogP contribution is 2.22. The largest absolute Gasteiger partial charge is 0.355 e. The van der Waals surface area contributed by atoms with Crippen LogP contribution in [0.15, 0.2) is 54.0 Å². The minimum absolute atomic E-state index is 0.0241. The van der Waals surface area contributed by atoms with Crippen LogP contribution in [0.2, 0.25) is 0 Å². The summed E-state index contributed by atoms with van der Waals surface area (Å²) in [6, 6.07) is 13.8. The average Bonchev–Trinajstić information content (AvgIpc) is 3.29. The summed E-state index contributed by atoms with van der Waals surface area (Å²) < 4.78 is 1.18. The molecule has 1 N–H and O–H groups in total. The SMILES string of the molecule is O=C(Cc1csc(-c2ccccn2)n1)NCCc1nc2ccccc2s1. The number of hydrogen-bond acceptors (Lipinski definition) is 6. The number of rotatable bonds is 6. The van der Waals surface area contributed by atoms with Gasteiger partial charge in [-0.25, -0.2) is 9.97 Å². The smallest absolute Gasteiger partial charge is 0.226 e.